The summed E-state index contributed by atoms with van der Waals surface area (Å²) in [5.41, 5.74) is 5.40. The maximum atomic E-state index is 10.4. The predicted molar refractivity (Wildman–Crippen MR) is 70.9 cm³/mol. The Kier molecular flexibility index (Phi) is 11.1. The fourth-order valence-corrected chi connectivity index (χ4v) is 2.45. The van der Waals surface area contributed by atoms with Gasteiger partial charge < -0.3 is 10.8 Å². The molecule has 0 unspecified atom stereocenters. The van der Waals surface area contributed by atoms with Gasteiger partial charge in [0.1, 0.15) is 6.04 Å². The summed E-state index contributed by atoms with van der Waals surface area (Å²) >= 11 is 1.82. The van der Waals surface area contributed by atoms with Crippen molar-refractivity contribution in [3.8, 4) is 0 Å². The maximum Gasteiger partial charge on any atom is 0.320 e. The van der Waals surface area contributed by atoms with Crippen molar-refractivity contribution in [3.05, 3.63) is 0 Å². The Labute approximate surface area is 103 Å². The second kappa shape index (κ2) is 11.3. The fourth-order valence-electron chi connectivity index (χ4n) is 1.42. The molecule has 0 aliphatic heterocycles. The van der Waals surface area contributed by atoms with Crippen LogP contribution in [0.25, 0.3) is 0 Å². The number of unbranched alkanes of at least 4 members (excludes halogenated alkanes) is 5. The molecule has 0 radical (unpaired) electrons. The molecule has 0 aromatic heterocycles. The molecular formula is C12H25NO2S. The van der Waals surface area contributed by atoms with E-state index in [1.807, 2.05) is 11.8 Å². The largest absolute Gasteiger partial charge is 0.480 e. The van der Waals surface area contributed by atoms with Crippen LogP contribution in [0, 0.1) is 0 Å². The third-order valence-corrected chi connectivity index (χ3v) is 3.63. The first kappa shape index (κ1) is 15.8. The van der Waals surface area contributed by atoms with Crippen LogP contribution in [0.4, 0.5) is 0 Å². The number of aliphatic carboxylic acids is 1. The molecule has 3 nitrogen and oxygen atoms in total. The van der Waals surface area contributed by atoms with Crippen LogP contribution in [0.15, 0.2) is 0 Å². The van der Waals surface area contributed by atoms with Gasteiger partial charge in [0.25, 0.3) is 0 Å². The van der Waals surface area contributed by atoms with Crippen LogP contribution in [0.5, 0.6) is 0 Å². The van der Waals surface area contributed by atoms with Crippen molar-refractivity contribution in [1.82, 2.24) is 0 Å². The molecular weight excluding hydrogens is 222 g/mol. The van der Waals surface area contributed by atoms with Gasteiger partial charge in [0.15, 0.2) is 0 Å². The lowest BCUT2D eigenvalue weighted by molar-refractivity contribution is -0.138. The van der Waals surface area contributed by atoms with Crippen LogP contribution < -0.4 is 5.73 Å². The van der Waals surface area contributed by atoms with Crippen LogP contribution in [0.2, 0.25) is 0 Å². The standard InChI is InChI=1S/C12H25NO2S/c1-2-3-4-5-6-7-9-16-10-8-11(13)12(14)15/h11H,2-10,13H2,1H3,(H,14,15)/t11-/m0/s1. The fraction of sp³-hybridized carbons (Fsp3) is 0.917. The Hall–Kier alpha value is -0.220. The molecule has 0 aliphatic carbocycles. The number of thioether (sulfide) groups is 1. The van der Waals surface area contributed by atoms with Gasteiger partial charge >= 0.3 is 5.97 Å². The normalized spacial score (nSPS) is 12.6. The third kappa shape index (κ3) is 10.3. The lowest BCUT2D eigenvalue weighted by atomic mass is 10.1. The molecule has 0 aromatic carbocycles. The Morgan fingerprint density at radius 3 is 2.44 bits per heavy atom. The molecule has 4 heteroatoms. The average Bonchev–Trinajstić information content (AvgIpc) is 2.26. The van der Waals surface area contributed by atoms with Crippen LogP contribution >= 0.6 is 11.8 Å². The van der Waals surface area contributed by atoms with Gasteiger partial charge in [-0.05, 0) is 24.3 Å². The Morgan fingerprint density at radius 1 is 1.19 bits per heavy atom. The van der Waals surface area contributed by atoms with Gasteiger partial charge in [-0.2, -0.15) is 11.8 Å². The van der Waals surface area contributed by atoms with Gasteiger partial charge in [0, 0.05) is 0 Å². The van der Waals surface area contributed by atoms with Gasteiger partial charge in [-0.1, -0.05) is 39.0 Å². The van der Waals surface area contributed by atoms with Crippen molar-refractivity contribution in [1.29, 1.82) is 0 Å². The maximum absolute atomic E-state index is 10.4. The SMILES string of the molecule is CCCCCCCCSCC[C@H](N)C(=O)O. The monoisotopic (exact) mass is 247 g/mol. The van der Waals surface area contributed by atoms with Gasteiger partial charge in [0.2, 0.25) is 0 Å². The van der Waals surface area contributed by atoms with Gasteiger partial charge in [-0.15, -0.1) is 0 Å². The molecule has 0 saturated carbocycles. The van der Waals surface area contributed by atoms with Crippen LogP contribution in [0.3, 0.4) is 0 Å². The van der Waals surface area contributed by atoms with E-state index in [0.29, 0.717) is 6.42 Å². The molecule has 0 saturated heterocycles. The number of carboxylic acids is 1. The van der Waals surface area contributed by atoms with Gasteiger partial charge in [-0.3, -0.25) is 4.79 Å². The molecule has 96 valence electrons. The predicted octanol–water partition coefficient (Wildman–Crippen LogP) is 2.88. The van der Waals surface area contributed by atoms with E-state index in [1.165, 1.54) is 38.5 Å². The zero-order valence-corrected chi connectivity index (χ0v) is 11.1. The van der Waals surface area contributed by atoms with Crippen molar-refractivity contribution in [2.45, 2.75) is 57.9 Å². The number of rotatable bonds is 11. The van der Waals surface area contributed by atoms with Crippen LogP contribution in [-0.2, 0) is 4.79 Å². The van der Waals surface area contributed by atoms with Crippen molar-refractivity contribution in [2.75, 3.05) is 11.5 Å². The van der Waals surface area contributed by atoms with Crippen molar-refractivity contribution in [3.63, 3.8) is 0 Å². The minimum atomic E-state index is -0.889. The Bertz CT molecular complexity index is 176. The minimum Gasteiger partial charge on any atom is -0.480 e. The zero-order valence-electron chi connectivity index (χ0n) is 10.3. The summed E-state index contributed by atoms with van der Waals surface area (Å²) in [5, 5.41) is 8.57. The van der Waals surface area contributed by atoms with Crippen molar-refractivity contribution >= 4 is 17.7 Å². The second-order valence-corrected chi connectivity index (χ2v) is 5.34. The van der Waals surface area contributed by atoms with E-state index in [-0.39, 0.29) is 0 Å². The molecule has 0 amide bonds. The van der Waals surface area contributed by atoms with Crippen molar-refractivity contribution in [2.24, 2.45) is 5.73 Å². The summed E-state index contributed by atoms with van der Waals surface area (Å²) in [4.78, 5) is 10.4. The third-order valence-electron chi connectivity index (χ3n) is 2.53. The van der Waals surface area contributed by atoms with E-state index in [1.54, 1.807) is 0 Å². The number of carboxylic acid groups (broad SMARTS) is 1. The highest BCUT2D eigenvalue weighted by molar-refractivity contribution is 7.99. The van der Waals surface area contributed by atoms with Gasteiger partial charge in [0.05, 0.1) is 0 Å². The first-order valence-electron chi connectivity index (χ1n) is 6.24. The van der Waals surface area contributed by atoms with Crippen molar-refractivity contribution < 1.29 is 9.90 Å². The molecule has 0 bridgehead atoms. The molecule has 0 fully saturated rings. The van der Waals surface area contributed by atoms with E-state index in [4.69, 9.17) is 10.8 Å². The summed E-state index contributed by atoms with van der Waals surface area (Å²) in [6, 6.07) is -0.683. The number of nitrogens with two attached hydrogens (primary N) is 1. The Morgan fingerprint density at radius 2 is 1.81 bits per heavy atom. The van der Waals surface area contributed by atoms with E-state index in [2.05, 4.69) is 6.92 Å². The van der Waals surface area contributed by atoms with E-state index in [9.17, 15) is 4.79 Å². The van der Waals surface area contributed by atoms with Crippen LogP contribution in [0.1, 0.15) is 51.9 Å². The molecule has 0 aliphatic rings. The van der Waals surface area contributed by atoms with E-state index < -0.39 is 12.0 Å². The summed E-state index contributed by atoms with van der Waals surface area (Å²) in [6.07, 6.45) is 8.46. The number of carbonyl (C=O) groups is 1. The summed E-state index contributed by atoms with van der Waals surface area (Å²) in [7, 11) is 0. The lowest BCUT2D eigenvalue weighted by Crippen LogP contribution is -2.30. The minimum absolute atomic E-state index is 0.579. The van der Waals surface area contributed by atoms with E-state index in [0.717, 1.165) is 11.5 Å². The summed E-state index contributed by atoms with van der Waals surface area (Å²) in [6.45, 7) is 2.22. The van der Waals surface area contributed by atoms with E-state index >= 15 is 0 Å². The number of hydrogen-bond donors (Lipinski definition) is 2. The first-order chi connectivity index (χ1) is 7.68. The highest BCUT2D eigenvalue weighted by Crippen LogP contribution is 2.11. The Balaban J connectivity index is 3.07. The number of hydrogen-bond acceptors (Lipinski definition) is 3. The highest BCUT2D eigenvalue weighted by Gasteiger charge is 2.09. The van der Waals surface area contributed by atoms with Crippen LogP contribution in [-0.4, -0.2) is 28.6 Å². The quantitative estimate of drug-likeness (QED) is 0.551. The highest BCUT2D eigenvalue weighted by atomic mass is 32.2. The molecule has 1 atom stereocenters. The van der Waals surface area contributed by atoms with Gasteiger partial charge in [-0.25, -0.2) is 0 Å². The smallest absolute Gasteiger partial charge is 0.320 e. The molecule has 3 N–H and O–H groups in total. The molecule has 0 heterocycles. The second-order valence-electron chi connectivity index (χ2n) is 4.11. The molecule has 0 spiro atoms. The molecule has 0 aromatic rings. The summed E-state index contributed by atoms with van der Waals surface area (Å²) in [5.74, 6) is 1.11. The topological polar surface area (TPSA) is 63.3 Å². The lowest BCUT2D eigenvalue weighted by Gasteiger charge is -2.05. The summed E-state index contributed by atoms with van der Waals surface area (Å²) < 4.78 is 0. The molecule has 0 rings (SSSR count). The zero-order chi connectivity index (χ0) is 12.2. The first-order valence-corrected chi connectivity index (χ1v) is 7.40. The molecule has 16 heavy (non-hydrogen) atoms. The average molecular weight is 247 g/mol.